The zero-order valence-electron chi connectivity index (χ0n) is 15.2. The number of carbonyl (C=O) groups is 2. The Labute approximate surface area is 160 Å². The normalized spacial score (nSPS) is 19.5. The van der Waals surface area contributed by atoms with E-state index in [1.54, 1.807) is 35.5 Å². The van der Waals surface area contributed by atoms with Crippen LogP contribution in [-0.4, -0.2) is 64.5 Å². The third-order valence-electron chi connectivity index (χ3n) is 4.94. The summed E-state index contributed by atoms with van der Waals surface area (Å²) < 4.78 is 0. The molecule has 1 saturated heterocycles. The first kappa shape index (κ1) is 17.8. The highest BCUT2D eigenvalue weighted by atomic mass is 16.4. The van der Waals surface area contributed by atoms with Crippen molar-refractivity contribution in [2.45, 2.75) is 31.8 Å². The fourth-order valence-electron chi connectivity index (χ4n) is 3.43. The maximum Gasteiger partial charge on any atom is 0.358 e. The molecule has 1 aliphatic rings. The third kappa shape index (κ3) is 3.24. The Bertz CT molecular complexity index is 998. The molecule has 0 radical (unpaired) electrons. The summed E-state index contributed by atoms with van der Waals surface area (Å²) in [6.07, 6.45) is 5.88. The van der Waals surface area contributed by atoms with Crippen molar-refractivity contribution in [3.8, 4) is 5.69 Å². The van der Waals surface area contributed by atoms with Crippen LogP contribution < -0.4 is 0 Å². The smallest absolute Gasteiger partial charge is 0.358 e. The van der Waals surface area contributed by atoms with Gasteiger partial charge in [0.05, 0.1) is 35.9 Å². The van der Waals surface area contributed by atoms with Gasteiger partial charge >= 0.3 is 5.97 Å². The average molecular weight is 381 g/mol. The highest BCUT2D eigenvalue weighted by Gasteiger charge is 2.32. The second kappa shape index (κ2) is 7.22. The molecule has 0 aliphatic carbocycles. The van der Waals surface area contributed by atoms with E-state index in [9.17, 15) is 9.59 Å². The number of amides is 1. The maximum absolute atomic E-state index is 13.3. The van der Waals surface area contributed by atoms with Crippen molar-refractivity contribution < 1.29 is 14.7 Å². The molecule has 1 N–H and O–H groups in total. The number of likely N-dealkylation sites (tertiary alicyclic amines) is 1. The minimum atomic E-state index is -1.12. The predicted octanol–water partition coefficient (Wildman–Crippen LogP) is 1.42. The van der Waals surface area contributed by atoms with E-state index in [4.69, 9.17) is 5.11 Å². The Morgan fingerprint density at radius 1 is 1.11 bits per heavy atom. The summed E-state index contributed by atoms with van der Waals surface area (Å²) in [6.45, 7) is 2.40. The Balaban J connectivity index is 1.61. The number of hydrogen-bond donors (Lipinski definition) is 1. The molecule has 4 rings (SSSR count). The molecule has 144 valence electrons. The summed E-state index contributed by atoms with van der Waals surface area (Å²) in [6, 6.07) is 7.05. The van der Waals surface area contributed by atoms with Gasteiger partial charge in [0.1, 0.15) is 0 Å². The largest absolute Gasteiger partial charge is 0.476 e. The number of carboxylic acid groups (broad SMARTS) is 1. The zero-order chi connectivity index (χ0) is 19.7. The Hall–Kier alpha value is -3.56. The summed E-state index contributed by atoms with van der Waals surface area (Å²) in [5, 5.41) is 25.4. The maximum atomic E-state index is 13.3. The molecule has 3 aromatic rings. The van der Waals surface area contributed by atoms with Crippen molar-refractivity contribution in [3.63, 3.8) is 0 Å². The molecule has 1 aliphatic heterocycles. The summed E-state index contributed by atoms with van der Waals surface area (Å²) in [4.78, 5) is 29.0. The zero-order valence-corrected chi connectivity index (χ0v) is 15.2. The van der Waals surface area contributed by atoms with Gasteiger partial charge in [0.2, 0.25) is 0 Å². The van der Waals surface area contributed by atoms with Gasteiger partial charge in [-0.3, -0.25) is 4.79 Å². The number of aromatic carboxylic acids is 1. The lowest BCUT2D eigenvalue weighted by Crippen LogP contribution is -2.46. The number of carbonyl (C=O) groups excluding carboxylic acids is 1. The molecule has 1 fully saturated rings. The number of nitrogens with zero attached hydrogens (tertiary/aromatic N) is 7. The van der Waals surface area contributed by atoms with Crippen LogP contribution in [0.3, 0.4) is 0 Å². The molecule has 1 amide bonds. The van der Waals surface area contributed by atoms with Crippen molar-refractivity contribution in [1.82, 2.24) is 34.9 Å². The number of aromatic nitrogens is 6. The Kier molecular flexibility index (Phi) is 4.60. The number of carboxylic acids is 1. The van der Waals surface area contributed by atoms with Gasteiger partial charge in [0, 0.05) is 12.6 Å². The molecule has 2 atom stereocenters. The Morgan fingerprint density at radius 3 is 2.57 bits per heavy atom. The van der Waals surface area contributed by atoms with Crippen LogP contribution in [0.15, 0.2) is 42.9 Å². The summed E-state index contributed by atoms with van der Waals surface area (Å²) in [5.74, 6) is -1.25. The average Bonchev–Trinajstić information content (AvgIpc) is 3.40. The molecular formula is C18H19N7O3. The van der Waals surface area contributed by atoms with Gasteiger partial charge < -0.3 is 10.0 Å². The monoisotopic (exact) mass is 381 g/mol. The molecule has 28 heavy (non-hydrogen) atoms. The van der Waals surface area contributed by atoms with E-state index in [-0.39, 0.29) is 23.7 Å². The van der Waals surface area contributed by atoms with E-state index in [1.165, 1.54) is 15.8 Å². The van der Waals surface area contributed by atoms with E-state index in [2.05, 4.69) is 20.4 Å². The lowest BCUT2D eigenvalue weighted by molar-refractivity contribution is 0.0542. The lowest BCUT2D eigenvalue weighted by atomic mass is 9.98. The molecule has 0 unspecified atom stereocenters. The number of benzene rings is 1. The Morgan fingerprint density at radius 2 is 1.86 bits per heavy atom. The van der Waals surface area contributed by atoms with Crippen LogP contribution in [0.25, 0.3) is 5.69 Å². The van der Waals surface area contributed by atoms with Gasteiger partial charge in [-0.1, -0.05) is 12.1 Å². The van der Waals surface area contributed by atoms with Crippen molar-refractivity contribution in [2.75, 3.05) is 6.54 Å². The van der Waals surface area contributed by atoms with Crippen LogP contribution in [0.5, 0.6) is 0 Å². The summed E-state index contributed by atoms with van der Waals surface area (Å²) >= 11 is 0. The van der Waals surface area contributed by atoms with E-state index < -0.39 is 5.97 Å². The van der Waals surface area contributed by atoms with Gasteiger partial charge in [-0.15, -0.1) is 5.10 Å². The highest BCUT2D eigenvalue weighted by Crippen LogP contribution is 2.27. The van der Waals surface area contributed by atoms with Crippen LogP contribution in [0.4, 0.5) is 0 Å². The first-order valence-corrected chi connectivity index (χ1v) is 8.96. The fourth-order valence-corrected chi connectivity index (χ4v) is 3.43. The van der Waals surface area contributed by atoms with Crippen molar-refractivity contribution in [3.05, 3.63) is 54.1 Å². The number of para-hydroxylation sites is 1. The molecular weight excluding hydrogens is 362 g/mol. The van der Waals surface area contributed by atoms with Crippen LogP contribution >= 0.6 is 0 Å². The first-order chi connectivity index (χ1) is 13.5. The van der Waals surface area contributed by atoms with Crippen LogP contribution in [0.2, 0.25) is 0 Å². The molecule has 10 heteroatoms. The van der Waals surface area contributed by atoms with Crippen molar-refractivity contribution in [2.24, 2.45) is 0 Å². The molecule has 0 saturated carbocycles. The minimum Gasteiger partial charge on any atom is -0.476 e. The number of rotatable bonds is 4. The van der Waals surface area contributed by atoms with Crippen molar-refractivity contribution in [1.29, 1.82) is 0 Å². The third-order valence-corrected chi connectivity index (χ3v) is 4.94. The highest BCUT2D eigenvalue weighted by molar-refractivity contribution is 5.98. The molecule has 1 aromatic carbocycles. The SMILES string of the molecule is C[C@@H]1CC[C@@H](n2ncc(C(=O)O)n2)CN1C(=O)c1ccccc1-n1nccn1. The van der Waals surface area contributed by atoms with E-state index in [1.807, 2.05) is 13.0 Å². The number of piperidine rings is 1. The lowest BCUT2D eigenvalue weighted by Gasteiger charge is -2.37. The van der Waals surface area contributed by atoms with E-state index in [0.29, 0.717) is 17.8 Å². The second-order valence-corrected chi connectivity index (χ2v) is 6.73. The standard InChI is InChI=1S/C18H19N7O3/c1-12-6-7-13(24-21-10-15(22-24)18(27)28)11-23(12)17(26)14-4-2-3-5-16(14)25-19-8-9-20-25/h2-5,8-10,12-13H,6-7,11H2,1H3,(H,27,28)/t12-,13-/m1/s1. The molecule has 0 bridgehead atoms. The quantitative estimate of drug-likeness (QED) is 0.726. The second-order valence-electron chi connectivity index (χ2n) is 6.73. The van der Waals surface area contributed by atoms with Crippen LogP contribution in [-0.2, 0) is 0 Å². The van der Waals surface area contributed by atoms with Gasteiger partial charge in [0.25, 0.3) is 5.91 Å². The molecule has 0 spiro atoms. The van der Waals surface area contributed by atoms with E-state index >= 15 is 0 Å². The number of hydrogen-bond acceptors (Lipinski definition) is 6. The fraction of sp³-hybridized carbons (Fsp3) is 0.333. The molecule has 2 aromatic heterocycles. The first-order valence-electron chi connectivity index (χ1n) is 8.96. The minimum absolute atomic E-state index is 0.0388. The van der Waals surface area contributed by atoms with Crippen LogP contribution in [0.1, 0.15) is 46.7 Å². The summed E-state index contributed by atoms with van der Waals surface area (Å²) in [5.41, 5.74) is 1.01. The van der Waals surface area contributed by atoms with Gasteiger partial charge in [0.15, 0.2) is 5.69 Å². The van der Waals surface area contributed by atoms with Crippen LogP contribution in [0, 0.1) is 0 Å². The van der Waals surface area contributed by atoms with Gasteiger partial charge in [-0.25, -0.2) is 4.79 Å². The summed E-state index contributed by atoms with van der Waals surface area (Å²) in [7, 11) is 0. The molecule has 10 nitrogen and oxygen atoms in total. The predicted molar refractivity (Wildman–Crippen MR) is 97.1 cm³/mol. The molecule has 3 heterocycles. The topological polar surface area (TPSA) is 119 Å². The van der Waals surface area contributed by atoms with Crippen molar-refractivity contribution >= 4 is 11.9 Å². The van der Waals surface area contributed by atoms with E-state index in [0.717, 1.165) is 12.8 Å². The van der Waals surface area contributed by atoms with Gasteiger partial charge in [-0.2, -0.15) is 24.9 Å². The van der Waals surface area contributed by atoms with Gasteiger partial charge in [-0.05, 0) is 31.9 Å².